The van der Waals surface area contributed by atoms with E-state index in [1.807, 2.05) is 6.92 Å². The molecule has 0 spiro atoms. The van der Waals surface area contributed by atoms with Gasteiger partial charge in [-0.3, -0.25) is 19.7 Å². The van der Waals surface area contributed by atoms with Crippen molar-refractivity contribution in [3.05, 3.63) is 0 Å². The number of carbonyl (C=O) groups is 3. The van der Waals surface area contributed by atoms with Crippen LogP contribution >= 0.6 is 0 Å². The fourth-order valence-corrected chi connectivity index (χ4v) is 2.05. The first kappa shape index (κ1) is 14.6. The predicted octanol–water partition coefficient (Wildman–Crippen LogP) is -0.375. The van der Waals surface area contributed by atoms with Crippen LogP contribution in [0.2, 0.25) is 0 Å². The second kappa shape index (κ2) is 5.48. The van der Waals surface area contributed by atoms with Crippen molar-refractivity contribution in [3.8, 4) is 0 Å². The Kier molecular flexibility index (Phi) is 4.45. The zero-order valence-electron chi connectivity index (χ0n) is 11.2. The van der Waals surface area contributed by atoms with Crippen LogP contribution in [0, 0.1) is 5.92 Å². The van der Waals surface area contributed by atoms with Gasteiger partial charge in [-0.25, -0.2) is 0 Å². The topological polar surface area (TPSA) is 92.5 Å². The summed E-state index contributed by atoms with van der Waals surface area (Å²) in [4.78, 5) is 36.8. The molecular weight excluding hydrogens is 234 g/mol. The molecule has 1 saturated heterocycles. The second-order valence-electron chi connectivity index (χ2n) is 5.08. The summed E-state index contributed by atoms with van der Waals surface area (Å²) in [6, 6.07) is 0. The highest BCUT2D eigenvalue weighted by molar-refractivity contribution is 6.06. The predicted molar refractivity (Wildman–Crippen MR) is 66.4 cm³/mol. The van der Waals surface area contributed by atoms with Crippen LogP contribution in [0.3, 0.4) is 0 Å². The van der Waals surface area contributed by atoms with Crippen molar-refractivity contribution in [2.45, 2.75) is 39.2 Å². The van der Waals surface area contributed by atoms with E-state index in [9.17, 15) is 14.4 Å². The highest BCUT2D eigenvalue weighted by Gasteiger charge is 2.44. The molecule has 18 heavy (non-hydrogen) atoms. The van der Waals surface area contributed by atoms with Crippen molar-refractivity contribution < 1.29 is 14.4 Å². The van der Waals surface area contributed by atoms with E-state index >= 15 is 0 Å². The van der Waals surface area contributed by atoms with Gasteiger partial charge in [-0.05, 0) is 20.3 Å². The van der Waals surface area contributed by atoms with Crippen LogP contribution in [0.15, 0.2) is 0 Å². The third-order valence-corrected chi connectivity index (χ3v) is 3.32. The average molecular weight is 255 g/mol. The molecule has 1 fully saturated rings. The first-order valence-corrected chi connectivity index (χ1v) is 6.20. The summed E-state index contributed by atoms with van der Waals surface area (Å²) in [7, 11) is 0. The number of piperazine rings is 1. The molecule has 0 aromatic heterocycles. The van der Waals surface area contributed by atoms with E-state index in [0.29, 0.717) is 6.42 Å². The average Bonchev–Trinajstić information content (AvgIpc) is 2.30. The number of nitrogens with one attached hydrogen (secondary N) is 1. The maximum Gasteiger partial charge on any atom is 0.252 e. The minimum atomic E-state index is -1.01. The fourth-order valence-electron chi connectivity index (χ4n) is 2.05. The van der Waals surface area contributed by atoms with Crippen LogP contribution in [0.25, 0.3) is 0 Å². The van der Waals surface area contributed by atoms with E-state index in [2.05, 4.69) is 5.32 Å². The number of carbonyl (C=O) groups excluding carboxylic acids is 3. The molecule has 0 bridgehead atoms. The Morgan fingerprint density at radius 1 is 1.50 bits per heavy atom. The number of nitrogens with two attached hydrogens (primary N) is 1. The van der Waals surface area contributed by atoms with Crippen LogP contribution in [-0.2, 0) is 14.4 Å². The standard InChI is InChI=1S/C12H21N3O3/c1-4-5-8(6-13)10(17)15-7-9(16)14-11(18)12(15,2)3/h8H,4-7,13H2,1-3H3,(H,14,16,18). The molecule has 3 N–H and O–H groups in total. The van der Waals surface area contributed by atoms with E-state index < -0.39 is 17.4 Å². The van der Waals surface area contributed by atoms with Crippen molar-refractivity contribution >= 4 is 17.7 Å². The molecule has 0 aromatic carbocycles. The Morgan fingerprint density at radius 3 is 2.61 bits per heavy atom. The van der Waals surface area contributed by atoms with Gasteiger partial charge in [0, 0.05) is 6.54 Å². The fraction of sp³-hybridized carbons (Fsp3) is 0.750. The lowest BCUT2D eigenvalue weighted by Crippen LogP contribution is -2.66. The number of hydrogen-bond donors (Lipinski definition) is 2. The SMILES string of the molecule is CCCC(CN)C(=O)N1CC(=O)NC(=O)C1(C)C. The molecule has 0 saturated carbocycles. The lowest BCUT2D eigenvalue weighted by molar-refractivity contribution is -0.157. The zero-order valence-corrected chi connectivity index (χ0v) is 11.2. The quantitative estimate of drug-likeness (QED) is 0.670. The van der Waals surface area contributed by atoms with Crippen LogP contribution in [0.1, 0.15) is 33.6 Å². The maximum absolute atomic E-state index is 12.3. The van der Waals surface area contributed by atoms with Crippen LogP contribution < -0.4 is 11.1 Å². The molecule has 6 heteroatoms. The van der Waals surface area contributed by atoms with Gasteiger partial charge in [0.15, 0.2) is 0 Å². The van der Waals surface area contributed by atoms with Crippen molar-refractivity contribution in [2.24, 2.45) is 11.7 Å². The zero-order chi connectivity index (χ0) is 13.9. The Bertz CT molecular complexity index is 366. The smallest absolute Gasteiger partial charge is 0.252 e. The highest BCUT2D eigenvalue weighted by atomic mass is 16.2. The molecular formula is C12H21N3O3. The number of imide groups is 1. The van der Waals surface area contributed by atoms with Crippen molar-refractivity contribution in [3.63, 3.8) is 0 Å². The summed E-state index contributed by atoms with van der Waals surface area (Å²) in [5.41, 5.74) is 4.58. The Labute approximate surface area is 107 Å². The molecule has 1 atom stereocenters. The summed E-state index contributed by atoms with van der Waals surface area (Å²) < 4.78 is 0. The van der Waals surface area contributed by atoms with Gasteiger partial charge in [0.1, 0.15) is 12.1 Å². The van der Waals surface area contributed by atoms with Crippen molar-refractivity contribution in [1.82, 2.24) is 10.2 Å². The number of hydrogen-bond acceptors (Lipinski definition) is 4. The van der Waals surface area contributed by atoms with E-state index in [1.54, 1.807) is 13.8 Å². The van der Waals surface area contributed by atoms with Crippen LogP contribution in [-0.4, -0.2) is 41.2 Å². The van der Waals surface area contributed by atoms with E-state index in [4.69, 9.17) is 5.73 Å². The molecule has 0 aliphatic carbocycles. The molecule has 3 amide bonds. The largest absolute Gasteiger partial charge is 0.330 e. The lowest BCUT2D eigenvalue weighted by Gasteiger charge is -2.41. The van der Waals surface area contributed by atoms with Crippen LogP contribution in [0.5, 0.6) is 0 Å². The van der Waals surface area contributed by atoms with Gasteiger partial charge < -0.3 is 10.6 Å². The molecule has 1 heterocycles. The van der Waals surface area contributed by atoms with Crippen molar-refractivity contribution in [2.75, 3.05) is 13.1 Å². The highest BCUT2D eigenvalue weighted by Crippen LogP contribution is 2.22. The monoisotopic (exact) mass is 255 g/mol. The third kappa shape index (κ3) is 2.69. The third-order valence-electron chi connectivity index (χ3n) is 3.32. The van der Waals surface area contributed by atoms with Gasteiger partial charge >= 0.3 is 0 Å². The van der Waals surface area contributed by atoms with E-state index in [0.717, 1.165) is 6.42 Å². The minimum absolute atomic E-state index is 0.0855. The molecule has 1 aliphatic heterocycles. The van der Waals surface area contributed by atoms with Crippen LogP contribution in [0.4, 0.5) is 0 Å². The second-order valence-corrected chi connectivity index (χ2v) is 5.08. The maximum atomic E-state index is 12.3. The van der Waals surface area contributed by atoms with Gasteiger partial charge in [0.25, 0.3) is 5.91 Å². The summed E-state index contributed by atoms with van der Waals surface area (Å²) in [6.07, 6.45) is 1.50. The van der Waals surface area contributed by atoms with Gasteiger partial charge in [-0.1, -0.05) is 13.3 Å². The Hall–Kier alpha value is -1.43. The van der Waals surface area contributed by atoms with Gasteiger partial charge in [-0.15, -0.1) is 0 Å². The molecule has 6 nitrogen and oxygen atoms in total. The summed E-state index contributed by atoms with van der Waals surface area (Å²) in [5, 5.41) is 2.24. The summed E-state index contributed by atoms with van der Waals surface area (Å²) in [5.74, 6) is -1.43. The lowest BCUT2D eigenvalue weighted by atomic mass is 9.94. The van der Waals surface area contributed by atoms with Gasteiger partial charge in [0.05, 0.1) is 5.92 Å². The number of amides is 3. The summed E-state index contributed by atoms with van der Waals surface area (Å²) in [6.45, 7) is 5.38. The molecule has 1 rings (SSSR count). The molecule has 0 radical (unpaired) electrons. The normalized spacial score (nSPS) is 20.6. The first-order valence-electron chi connectivity index (χ1n) is 6.20. The Morgan fingerprint density at radius 2 is 2.11 bits per heavy atom. The molecule has 1 unspecified atom stereocenters. The Balaban J connectivity index is 2.94. The van der Waals surface area contributed by atoms with Gasteiger partial charge in [0.2, 0.25) is 11.8 Å². The van der Waals surface area contributed by atoms with Crippen molar-refractivity contribution in [1.29, 1.82) is 0 Å². The molecule has 1 aliphatic rings. The number of nitrogens with zero attached hydrogens (tertiary/aromatic N) is 1. The molecule has 0 aromatic rings. The molecule has 102 valence electrons. The first-order chi connectivity index (χ1) is 8.34. The number of rotatable bonds is 4. The minimum Gasteiger partial charge on any atom is -0.330 e. The summed E-state index contributed by atoms with van der Waals surface area (Å²) >= 11 is 0. The van der Waals surface area contributed by atoms with Gasteiger partial charge in [-0.2, -0.15) is 0 Å². The van der Waals surface area contributed by atoms with E-state index in [1.165, 1.54) is 4.90 Å². The van der Waals surface area contributed by atoms with E-state index in [-0.39, 0.29) is 24.9 Å².